The summed E-state index contributed by atoms with van der Waals surface area (Å²) < 4.78 is 17.9. The van der Waals surface area contributed by atoms with Crippen LogP contribution in [0.15, 0.2) is 48.9 Å². The van der Waals surface area contributed by atoms with Crippen LogP contribution in [0.4, 0.5) is 4.79 Å². The molecule has 2 aliphatic heterocycles. The van der Waals surface area contributed by atoms with E-state index in [0.29, 0.717) is 41.1 Å². The van der Waals surface area contributed by atoms with Gasteiger partial charge < -0.3 is 19.1 Å². The summed E-state index contributed by atoms with van der Waals surface area (Å²) in [7, 11) is 0. The Labute approximate surface area is 202 Å². The van der Waals surface area contributed by atoms with Crippen LogP contribution < -0.4 is 14.2 Å². The Morgan fingerprint density at radius 2 is 1.68 bits per heavy atom. The molecule has 2 fully saturated rings. The van der Waals surface area contributed by atoms with Crippen LogP contribution in [0.25, 0.3) is 0 Å². The lowest BCUT2D eigenvalue weighted by Gasteiger charge is -2.37. The van der Waals surface area contributed by atoms with Crippen LogP contribution in [0, 0.1) is 13.8 Å². The van der Waals surface area contributed by atoms with E-state index in [9.17, 15) is 4.79 Å². The van der Waals surface area contributed by atoms with Gasteiger partial charge >= 0.3 is 6.09 Å². The standard InChI is InChI=1S/C25H25ClN4O4/c1-15-23(28-14-29-24(15)33-21-8-5-11-27-16(21)2)32-19-12-17-9-10-18(13-19)30(17)25(31)34-22-7-4-3-6-20(22)26/h3-8,11,14,17-19H,9-10,12-13H2,1-2H3. The lowest BCUT2D eigenvalue weighted by Crippen LogP contribution is -2.50. The smallest absolute Gasteiger partial charge is 0.415 e. The predicted molar refractivity (Wildman–Crippen MR) is 126 cm³/mol. The first-order chi connectivity index (χ1) is 16.5. The molecular formula is C25H25ClN4O4. The summed E-state index contributed by atoms with van der Waals surface area (Å²) in [6.45, 7) is 3.75. The minimum absolute atomic E-state index is 0.0506. The molecule has 2 aromatic heterocycles. The number of carbonyl (C=O) groups excluding carboxylic acids is 1. The van der Waals surface area contributed by atoms with Crippen LogP contribution in [-0.2, 0) is 0 Å². The molecule has 2 saturated heterocycles. The summed E-state index contributed by atoms with van der Waals surface area (Å²) in [6, 6.07) is 10.8. The maximum Gasteiger partial charge on any atom is 0.415 e. The molecule has 34 heavy (non-hydrogen) atoms. The van der Waals surface area contributed by atoms with E-state index in [-0.39, 0.29) is 24.3 Å². The van der Waals surface area contributed by atoms with Crippen molar-refractivity contribution in [2.75, 3.05) is 0 Å². The highest BCUT2D eigenvalue weighted by Crippen LogP contribution is 2.39. The Bertz CT molecular complexity index is 1190. The fraction of sp³-hybridized carbons (Fsp3) is 0.360. The number of para-hydroxylation sites is 1. The molecular weight excluding hydrogens is 456 g/mol. The number of halogens is 1. The Morgan fingerprint density at radius 1 is 0.971 bits per heavy atom. The van der Waals surface area contributed by atoms with E-state index in [0.717, 1.165) is 24.1 Å². The van der Waals surface area contributed by atoms with Gasteiger partial charge in [0.15, 0.2) is 11.5 Å². The third kappa shape index (κ3) is 4.50. The zero-order chi connectivity index (χ0) is 23.7. The normalized spacial score (nSPS) is 21.3. The van der Waals surface area contributed by atoms with Crippen molar-refractivity contribution in [2.24, 2.45) is 0 Å². The number of rotatable bonds is 5. The van der Waals surface area contributed by atoms with Crippen molar-refractivity contribution in [3.05, 3.63) is 65.2 Å². The van der Waals surface area contributed by atoms with Crippen molar-refractivity contribution in [1.29, 1.82) is 0 Å². The minimum Gasteiger partial charge on any atom is -0.474 e. The minimum atomic E-state index is -0.361. The van der Waals surface area contributed by atoms with E-state index in [1.165, 1.54) is 6.33 Å². The number of hydrogen-bond acceptors (Lipinski definition) is 7. The Balaban J connectivity index is 1.26. The van der Waals surface area contributed by atoms with Crippen LogP contribution >= 0.6 is 11.6 Å². The summed E-state index contributed by atoms with van der Waals surface area (Å²) in [5, 5.41) is 0.417. The molecule has 2 unspecified atom stereocenters. The predicted octanol–water partition coefficient (Wildman–Crippen LogP) is 5.51. The zero-order valence-electron chi connectivity index (χ0n) is 19.0. The molecule has 0 radical (unpaired) electrons. The van der Waals surface area contributed by atoms with E-state index in [1.54, 1.807) is 30.5 Å². The lowest BCUT2D eigenvalue weighted by atomic mass is 10.0. The van der Waals surface area contributed by atoms with Crippen LogP contribution in [0.1, 0.15) is 36.9 Å². The molecule has 0 spiro atoms. The number of aryl methyl sites for hydroxylation is 1. The molecule has 3 aromatic rings. The first-order valence-corrected chi connectivity index (χ1v) is 11.7. The molecule has 9 heteroatoms. The number of carbonyl (C=O) groups is 1. The average Bonchev–Trinajstić information content (AvgIpc) is 3.10. The van der Waals surface area contributed by atoms with Gasteiger partial charge in [-0.05, 0) is 51.0 Å². The van der Waals surface area contributed by atoms with Gasteiger partial charge in [0.1, 0.15) is 12.4 Å². The first-order valence-electron chi connectivity index (χ1n) is 11.3. The summed E-state index contributed by atoms with van der Waals surface area (Å²) >= 11 is 6.15. The van der Waals surface area contributed by atoms with E-state index in [1.807, 2.05) is 30.9 Å². The lowest BCUT2D eigenvalue weighted by molar-refractivity contribution is 0.0502. The molecule has 4 heterocycles. The van der Waals surface area contributed by atoms with Crippen LogP contribution in [0.3, 0.4) is 0 Å². The number of fused-ring (bicyclic) bond motifs is 2. The Hall–Kier alpha value is -3.39. The molecule has 2 bridgehead atoms. The fourth-order valence-electron chi connectivity index (χ4n) is 4.68. The molecule has 1 aromatic carbocycles. The van der Waals surface area contributed by atoms with Crippen molar-refractivity contribution in [1.82, 2.24) is 19.9 Å². The molecule has 8 nitrogen and oxygen atoms in total. The zero-order valence-corrected chi connectivity index (χ0v) is 19.7. The average molecular weight is 481 g/mol. The number of piperidine rings is 1. The highest BCUT2D eigenvalue weighted by molar-refractivity contribution is 6.32. The first kappa shape index (κ1) is 22.4. The van der Waals surface area contributed by atoms with Crippen molar-refractivity contribution in [3.63, 3.8) is 0 Å². The van der Waals surface area contributed by atoms with Crippen LogP contribution in [0.2, 0.25) is 5.02 Å². The second-order valence-corrected chi connectivity index (χ2v) is 9.01. The molecule has 5 rings (SSSR count). The topological polar surface area (TPSA) is 86.7 Å². The van der Waals surface area contributed by atoms with Gasteiger partial charge in [-0.25, -0.2) is 14.8 Å². The third-order valence-corrected chi connectivity index (χ3v) is 6.68. The molecule has 0 saturated carbocycles. The fourth-order valence-corrected chi connectivity index (χ4v) is 4.85. The van der Waals surface area contributed by atoms with Crippen molar-refractivity contribution in [3.8, 4) is 23.3 Å². The molecule has 0 aliphatic carbocycles. The highest BCUT2D eigenvalue weighted by atomic mass is 35.5. The quantitative estimate of drug-likeness (QED) is 0.476. The van der Waals surface area contributed by atoms with Gasteiger partial charge in [0, 0.05) is 31.1 Å². The van der Waals surface area contributed by atoms with E-state index in [2.05, 4.69) is 15.0 Å². The summed E-state index contributed by atoms with van der Waals surface area (Å²) in [5.74, 6) is 1.94. The van der Waals surface area contributed by atoms with Crippen LogP contribution in [0.5, 0.6) is 23.3 Å². The molecule has 0 N–H and O–H groups in total. The number of aromatic nitrogens is 3. The third-order valence-electron chi connectivity index (χ3n) is 6.37. The van der Waals surface area contributed by atoms with Gasteiger partial charge in [0.2, 0.25) is 11.8 Å². The van der Waals surface area contributed by atoms with Gasteiger partial charge in [-0.3, -0.25) is 4.98 Å². The van der Waals surface area contributed by atoms with Gasteiger partial charge in [0.25, 0.3) is 0 Å². The second-order valence-electron chi connectivity index (χ2n) is 8.60. The summed E-state index contributed by atoms with van der Waals surface area (Å²) in [4.78, 5) is 27.6. The number of ether oxygens (including phenoxy) is 3. The summed E-state index contributed by atoms with van der Waals surface area (Å²) in [5.41, 5.74) is 1.49. The maximum atomic E-state index is 12.9. The van der Waals surface area contributed by atoms with Crippen molar-refractivity contribution in [2.45, 2.75) is 57.7 Å². The SMILES string of the molecule is Cc1ncccc1Oc1ncnc(OC2CC3CCC(C2)N3C(=O)Oc2ccccc2Cl)c1C. The monoisotopic (exact) mass is 480 g/mol. The van der Waals surface area contributed by atoms with E-state index < -0.39 is 0 Å². The molecule has 2 aliphatic rings. The number of amides is 1. The molecule has 176 valence electrons. The van der Waals surface area contributed by atoms with Crippen molar-refractivity contribution < 1.29 is 19.0 Å². The van der Waals surface area contributed by atoms with Gasteiger partial charge in [-0.2, -0.15) is 0 Å². The van der Waals surface area contributed by atoms with Gasteiger partial charge in [0.05, 0.1) is 16.3 Å². The number of hydrogen-bond donors (Lipinski definition) is 0. The van der Waals surface area contributed by atoms with E-state index in [4.69, 9.17) is 25.8 Å². The maximum absolute atomic E-state index is 12.9. The number of benzene rings is 1. The van der Waals surface area contributed by atoms with E-state index >= 15 is 0 Å². The van der Waals surface area contributed by atoms with Gasteiger partial charge in [-0.1, -0.05) is 23.7 Å². The number of pyridine rings is 1. The number of nitrogens with zero attached hydrogens (tertiary/aromatic N) is 4. The Kier molecular flexibility index (Phi) is 6.24. The largest absolute Gasteiger partial charge is 0.474 e. The van der Waals surface area contributed by atoms with Crippen LogP contribution in [-0.4, -0.2) is 44.1 Å². The van der Waals surface area contributed by atoms with Crippen molar-refractivity contribution >= 4 is 17.7 Å². The summed E-state index contributed by atoms with van der Waals surface area (Å²) in [6.07, 6.45) is 5.97. The van der Waals surface area contributed by atoms with Gasteiger partial charge in [-0.15, -0.1) is 0 Å². The second kappa shape index (κ2) is 9.46. The Morgan fingerprint density at radius 3 is 2.41 bits per heavy atom. The molecule has 2 atom stereocenters. The molecule has 1 amide bonds. The highest BCUT2D eigenvalue weighted by Gasteiger charge is 2.45.